The van der Waals surface area contributed by atoms with Crippen LogP contribution < -0.4 is 0 Å². The molecule has 4 bridgehead atoms. The lowest BCUT2D eigenvalue weighted by molar-refractivity contribution is 0.0591. The van der Waals surface area contributed by atoms with Crippen molar-refractivity contribution in [3.63, 3.8) is 0 Å². The Bertz CT molecular complexity index is 1730. The number of hydrogen-bond donors (Lipinski definition) is 0. The standard InChI is InChI=1S/2C16H11BrO3/c1-19-16(18)8-2-4-10-12(6-8)14-11-5-3-9(17)7-13(11)15(10)20-14;1-19-16(18)8-2-4-10-12(6-8)15-13-7-9(17)3-5-11(13)14(10)20-15/h2*2-7,14-15H,1H3. The van der Waals surface area contributed by atoms with Crippen molar-refractivity contribution in [3.8, 4) is 0 Å². The minimum atomic E-state index is -0.315. The van der Waals surface area contributed by atoms with E-state index in [0.717, 1.165) is 31.2 Å². The predicted molar refractivity (Wildman–Crippen MR) is 153 cm³/mol. The quantitative estimate of drug-likeness (QED) is 0.207. The smallest absolute Gasteiger partial charge is 0.337 e. The molecule has 0 radical (unpaired) electrons. The third-order valence-electron chi connectivity index (χ3n) is 7.92. The summed E-state index contributed by atoms with van der Waals surface area (Å²) in [6, 6.07) is 23.7. The van der Waals surface area contributed by atoms with Gasteiger partial charge in [-0.2, -0.15) is 0 Å². The topological polar surface area (TPSA) is 71.1 Å². The molecule has 4 aromatic carbocycles. The second-order valence-corrected chi connectivity index (χ2v) is 11.8. The third-order valence-corrected chi connectivity index (χ3v) is 8.90. The molecule has 40 heavy (non-hydrogen) atoms. The summed E-state index contributed by atoms with van der Waals surface area (Å²) < 4.78 is 23.8. The van der Waals surface area contributed by atoms with Gasteiger partial charge in [-0.15, -0.1) is 0 Å². The lowest BCUT2D eigenvalue weighted by atomic mass is 9.85. The number of benzene rings is 4. The van der Waals surface area contributed by atoms with Crippen molar-refractivity contribution >= 4 is 43.8 Å². The summed E-state index contributed by atoms with van der Waals surface area (Å²) in [7, 11) is 2.79. The van der Waals surface area contributed by atoms with Crippen molar-refractivity contribution in [1.82, 2.24) is 0 Å². The molecule has 0 amide bonds. The van der Waals surface area contributed by atoms with Gasteiger partial charge in [-0.25, -0.2) is 9.59 Å². The first-order valence-electron chi connectivity index (χ1n) is 12.7. The molecule has 200 valence electrons. The van der Waals surface area contributed by atoms with Gasteiger partial charge in [-0.05, 0) is 93.0 Å². The lowest BCUT2D eigenvalue weighted by Gasteiger charge is -2.16. The second kappa shape index (κ2) is 9.66. The van der Waals surface area contributed by atoms with Crippen LogP contribution in [0.4, 0.5) is 0 Å². The lowest BCUT2D eigenvalue weighted by Crippen LogP contribution is -2.07. The van der Waals surface area contributed by atoms with Crippen LogP contribution in [0.3, 0.4) is 0 Å². The number of carbonyl (C=O) groups is 2. The molecule has 4 heterocycles. The van der Waals surface area contributed by atoms with Crippen molar-refractivity contribution in [2.75, 3.05) is 14.2 Å². The van der Waals surface area contributed by atoms with Gasteiger partial charge < -0.3 is 18.9 Å². The first kappa shape index (κ1) is 25.7. The third kappa shape index (κ3) is 3.89. The molecule has 0 N–H and O–H groups in total. The minimum Gasteiger partial charge on any atom is -0.465 e. The zero-order valence-corrected chi connectivity index (χ0v) is 24.6. The van der Waals surface area contributed by atoms with E-state index in [1.54, 1.807) is 12.1 Å². The number of carbonyl (C=O) groups excluding carboxylic acids is 2. The first-order chi connectivity index (χ1) is 19.4. The number of halogens is 2. The molecule has 0 aliphatic carbocycles. The molecule has 0 aromatic heterocycles. The number of methoxy groups -OCH3 is 2. The van der Waals surface area contributed by atoms with Crippen molar-refractivity contribution in [2.45, 2.75) is 24.4 Å². The minimum absolute atomic E-state index is 0.00945. The molecule has 0 saturated carbocycles. The van der Waals surface area contributed by atoms with Gasteiger partial charge in [0.2, 0.25) is 0 Å². The molecule has 4 aliphatic heterocycles. The highest BCUT2D eigenvalue weighted by Gasteiger charge is 2.44. The zero-order valence-electron chi connectivity index (χ0n) is 21.4. The average molecular weight is 662 g/mol. The summed E-state index contributed by atoms with van der Waals surface area (Å²) in [6.07, 6.45) is -0.172. The predicted octanol–water partition coefficient (Wildman–Crippen LogP) is 7.52. The fourth-order valence-corrected chi connectivity index (χ4v) is 6.88. The van der Waals surface area contributed by atoms with Crippen LogP contribution in [0.15, 0.2) is 81.7 Å². The molecular formula is C32H22Br2O6. The highest BCUT2D eigenvalue weighted by atomic mass is 79.9. The number of rotatable bonds is 2. The summed E-state index contributed by atoms with van der Waals surface area (Å²) in [5.74, 6) is -0.628. The molecule has 8 heteroatoms. The Morgan fingerprint density at radius 2 is 0.850 bits per heavy atom. The van der Waals surface area contributed by atoms with Crippen molar-refractivity contribution in [3.05, 3.63) is 137 Å². The van der Waals surface area contributed by atoms with E-state index >= 15 is 0 Å². The number of ether oxygens (including phenoxy) is 4. The molecule has 6 nitrogen and oxygen atoms in total. The van der Waals surface area contributed by atoms with Gasteiger partial charge in [0.25, 0.3) is 0 Å². The summed E-state index contributed by atoms with van der Waals surface area (Å²) in [5, 5.41) is 0. The van der Waals surface area contributed by atoms with Crippen LogP contribution in [0.2, 0.25) is 0 Å². The average Bonchev–Trinajstić information content (AvgIpc) is 3.74. The van der Waals surface area contributed by atoms with E-state index in [-0.39, 0.29) is 36.4 Å². The Morgan fingerprint density at radius 3 is 1.25 bits per heavy atom. The molecule has 4 aliphatic rings. The van der Waals surface area contributed by atoms with Crippen molar-refractivity contribution in [1.29, 1.82) is 0 Å². The summed E-state index contributed by atoms with van der Waals surface area (Å²) in [4.78, 5) is 23.3. The largest absolute Gasteiger partial charge is 0.465 e. The number of esters is 2. The van der Waals surface area contributed by atoms with Crippen LogP contribution in [-0.2, 0) is 18.9 Å². The Hall–Kier alpha value is -3.30. The van der Waals surface area contributed by atoms with Crippen LogP contribution in [0.5, 0.6) is 0 Å². The molecule has 4 atom stereocenters. The second-order valence-electron chi connectivity index (χ2n) is 10.0. The monoisotopic (exact) mass is 660 g/mol. The molecule has 0 fully saturated rings. The van der Waals surface area contributed by atoms with Gasteiger partial charge in [0.15, 0.2) is 0 Å². The Morgan fingerprint density at radius 1 is 0.525 bits per heavy atom. The molecule has 4 unspecified atom stereocenters. The van der Waals surface area contributed by atoms with Crippen molar-refractivity contribution in [2.24, 2.45) is 0 Å². The molecule has 8 rings (SSSR count). The number of fused-ring (bicyclic) bond motifs is 16. The summed E-state index contributed by atoms with van der Waals surface area (Å²) >= 11 is 7.00. The fourth-order valence-electron chi connectivity index (χ4n) is 6.12. The van der Waals surface area contributed by atoms with Gasteiger partial charge in [0.05, 0.1) is 25.3 Å². The Balaban J connectivity index is 0.000000132. The van der Waals surface area contributed by atoms with Crippen LogP contribution >= 0.6 is 31.9 Å². The highest BCUT2D eigenvalue weighted by molar-refractivity contribution is 9.10. The van der Waals surface area contributed by atoms with Crippen LogP contribution in [0, 0.1) is 0 Å². The maximum atomic E-state index is 11.6. The van der Waals surface area contributed by atoms with E-state index in [2.05, 4.69) is 56.1 Å². The zero-order chi connectivity index (χ0) is 27.7. The van der Waals surface area contributed by atoms with Crippen LogP contribution in [0.1, 0.15) is 89.6 Å². The Labute approximate surface area is 247 Å². The van der Waals surface area contributed by atoms with E-state index in [9.17, 15) is 9.59 Å². The molecule has 0 saturated heterocycles. The molecule has 4 aromatic rings. The summed E-state index contributed by atoms with van der Waals surface area (Å²) in [6.45, 7) is 0. The van der Waals surface area contributed by atoms with E-state index in [1.165, 1.54) is 36.5 Å². The SMILES string of the molecule is COC(=O)c1ccc2c(c1)C1OC2c2cc(Br)ccc21.COC(=O)c1ccc2c(c1)C1OC2c2ccc(Br)cc21. The maximum absolute atomic E-state index is 11.6. The molecule has 0 spiro atoms. The summed E-state index contributed by atoms with van der Waals surface area (Å²) in [5.41, 5.74) is 10.4. The molecular weight excluding hydrogens is 640 g/mol. The van der Waals surface area contributed by atoms with Crippen LogP contribution in [-0.4, -0.2) is 26.2 Å². The highest BCUT2D eigenvalue weighted by Crippen LogP contribution is 2.55. The fraction of sp³-hybridized carbons (Fsp3) is 0.188. The van der Waals surface area contributed by atoms with E-state index < -0.39 is 0 Å². The van der Waals surface area contributed by atoms with Gasteiger partial charge >= 0.3 is 11.9 Å². The van der Waals surface area contributed by atoms with E-state index in [4.69, 9.17) is 18.9 Å². The van der Waals surface area contributed by atoms with Gasteiger partial charge in [0.1, 0.15) is 24.4 Å². The van der Waals surface area contributed by atoms with Gasteiger partial charge in [0, 0.05) is 8.95 Å². The van der Waals surface area contributed by atoms with E-state index in [1.807, 2.05) is 36.4 Å². The maximum Gasteiger partial charge on any atom is 0.337 e. The van der Waals surface area contributed by atoms with Crippen LogP contribution in [0.25, 0.3) is 0 Å². The normalized spacial score (nSPS) is 21.5. The Kier molecular flexibility index (Phi) is 6.20. The first-order valence-corrected chi connectivity index (χ1v) is 14.3. The van der Waals surface area contributed by atoms with Gasteiger partial charge in [-0.1, -0.05) is 56.1 Å². The number of hydrogen-bond acceptors (Lipinski definition) is 6. The van der Waals surface area contributed by atoms with Crippen molar-refractivity contribution < 1.29 is 28.5 Å². The van der Waals surface area contributed by atoms with Gasteiger partial charge in [-0.3, -0.25) is 0 Å². The van der Waals surface area contributed by atoms with E-state index in [0.29, 0.717) is 11.1 Å².